The second-order valence-corrected chi connectivity index (χ2v) is 4.83. The van der Waals surface area contributed by atoms with Crippen molar-refractivity contribution in [3.8, 4) is 11.8 Å². The SMILES string of the molecule is CC(C)C#C[C@H](C)N1CC2CC2C1. The molecule has 0 aromatic heterocycles. The molecule has 1 aliphatic heterocycles. The molecule has 72 valence electrons. The molecular formula is C12H19N. The highest BCUT2D eigenvalue weighted by molar-refractivity contribution is 5.11. The molecule has 0 aromatic rings. The Kier molecular flexibility index (Phi) is 2.34. The second-order valence-electron chi connectivity index (χ2n) is 4.83. The predicted molar refractivity (Wildman–Crippen MR) is 55.2 cm³/mol. The first-order valence-corrected chi connectivity index (χ1v) is 5.42. The lowest BCUT2D eigenvalue weighted by Gasteiger charge is -2.20. The van der Waals surface area contributed by atoms with E-state index in [9.17, 15) is 0 Å². The van der Waals surface area contributed by atoms with Crippen LogP contribution >= 0.6 is 0 Å². The van der Waals surface area contributed by atoms with E-state index < -0.39 is 0 Å². The monoisotopic (exact) mass is 177 g/mol. The van der Waals surface area contributed by atoms with E-state index in [4.69, 9.17) is 0 Å². The zero-order valence-electron chi connectivity index (χ0n) is 8.88. The minimum Gasteiger partial charge on any atom is -0.289 e. The third-order valence-corrected chi connectivity index (χ3v) is 3.14. The average molecular weight is 177 g/mol. The molecule has 0 aromatic carbocycles. The van der Waals surface area contributed by atoms with E-state index in [0.29, 0.717) is 12.0 Å². The van der Waals surface area contributed by atoms with Crippen molar-refractivity contribution in [1.82, 2.24) is 4.90 Å². The normalized spacial score (nSPS) is 33.8. The molecule has 2 rings (SSSR count). The summed E-state index contributed by atoms with van der Waals surface area (Å²) in [5.41, 5.74) is 0. The van der Waals surface area contributed by atoms with Crippen molar-refractivity contribution in [1.29, 1.82) is 0 Å². The minimum atomic E-state index is 0.482. The standard InChI is InChI=1S/C12H19N/c1-9(2)4-5-10(3)13-7-11-6-12(11)8-13/h9-12H,6-8H2,1-3H3/t10-,11?,12?/m0/s1. The second kappa shape index (κ2) is 3.35. The van der Waals surface area contributed by atoms with Crippen LogP contribution in [0.2, 0.25) is 0 Å². The molecule has 0 bridgehead atoms. The minimum absolute atomic E-state index is 0.482. The molecule has 1 nitrogen and oxygen atoms in total. The van der Waals surface area contributed by atoms with Crippen molar-refractivity contribution in [2.24, 2.45) is 17.8 Å². The molecule has 1 saturated heterocycles. The molecule has 3 atom stereocenters. The van der Waals surface area contributed by atoms with Gasteiger partial charge in [0, 0.05) is 19.0 Å². The van der Waals surface area contributed by atoms with Crippen LogP contribution < -0.4 is 0 Å². The summed E-state index contributed by atoms with van der Waals surface area (Å²) in [5.74, 6) is 9.18. The van der Waals surface area contributed by atoms with Crippen LogP contribution in [0.25, 0.3) is 0 Å². The highest BCUT2D eigenvalue weighted by Gasteiger charge is 2.45. The van der Waals surface area contributed by atoms with Crippen LogP contribution in [0.1, 0.15) is 27.2 Å². The maximum Gasteiger partial charge on any atom is 0.0686 e. The van der Waals surface area contributed by atoms with Crippen molar-refractivity contribution >= 4 is 0 Å². The van der Waals surface area contributed by atoms with Crippen LogP contribution in [0.15, 0.2) is 0 Å². The number of fused-ring (bicyclic) bond motifs is 1. The van der Waals surface area contributed by atoms with E-state index in [1.165, 1.54) is 19.5 Å². The highest BCUT2D eigenvalue weighted by atomic mass is 15.2. The molecule has 1 heteroatoms. The zero-order chi connectivity index (χ0) is 9.42. The van der Waals surface area contributed by atoms with Gasteiger partial charge in [0.25, 0.3) is 0 Å². The number of rotatable bonds is 1. The lowest BCUT2D eigenvalue weighted by atomic mass is 10.2. The fourth-order valence-corrected chi connectivity index (χ4v) is 2.13. The summed E-state index contributed by atoms with van der Waals surface area (Å²) in [6, 6.07) is 0.482. The van der Waals surface area contributed by atoms with Crippen LogP contribution in [0.5, 0.6) is 0 Å². The lowest BCUT2D eigenvalue weighted by molar-refractivity contribution is 0.276. The van der Waals surface area contributed by atoms with Gasteiger partial charge in [-0.25, -0.2) is 0 Å². The Bertz CT molecular complexity index is 236. The Morgan fingerprint density at radius 1 is 1.08 bits per heavy atom. The molecule has 2 aliphatic rings. The zero-order valence-corrected chi connectivity index (χ0v) is 8.88. The third kappa shape index (κ3) is 2.06. The van der Waals surface area contributed by atoms with Crippen LogP contribution in [0.4, 0.5) is 0 Å². The van der Waals surface area contributed by atoms with Gasteiger partial charge in [-0.2, -0.15) is 0 Å². The van der Waals surface area contributed by atoms with Crippen molar-refractivity contribution < 1.29 is 0 Å². The van der Waals surface area contributed by atoms with Crippen LogP contribution in [0.3, 0.4) is 0 Å². The predicted octanol–water partition coefficient (Wildman–Crippen LogP) is 1.99. The third-order valence-electron chi connectivity index (χ3n) is 3.14. The molecule has 1 aliphatic carbocycles. The van der Waals surface area contributed by atoms with Gasteiger partial charge in [-0.15, -0.1) is 0 Å². The number of hydrogen-bond acceptors (Lipinski definition) is 1. The van der Waals surface area contributed by atoms with E-state index >= 15 is 0 Å². The molecule has 2 fully saturated rings. The Labute approximate surface area is 81.5 Å². The van der Waals surface area contributed by atoms with Crippen LogP contribution in [-0.4, -0.2) is 24.0 Å². The van der Waals surface area contributed by atoms with E-state index in [2.05, 4.69) is 37.5 Å². The maximum absolute atomic E-state index is 3.34. The lowest BCUT2D eigenvalue weighted by Crippen LogP contribution is -2.31. The summed E-state index contributed by atoms with van der Waals surface area (Å²) < 4.78 is 0. The quantitative estimate of drug-likeness (QED) is 0.554. The van der Waals surface area contributed by atoms with Gasteiger partial charge in [-0.1, -0.05) is 25.7 Å². The van der Waals surface area contributed by atoms with Crippen molar-refractivity contribution in [3.05, 3.63) is 0 Å². The fraction of sp³-hybridized carbons (Fsp3) is 0.833. The van der Waals surface area contributed by atoms with Crippen molar-refractivity contribution in [3.63, 3.8) is 0 Å². The number of piperidine rings is 1. The number of likely N-dealkylation sites (tertiary alicyclic amines) is 1. The van der Waals surface area contributed by atoms with Crippen LogP contribution in [-0.2, 0) is 0 Å². The van der Waals surface area contributed by atoms with Gasteiger partial charge in [0.15, 0.2) is 0 Å². The smallest absolute Gasteiger partial charge is 0.0686 e. The van der Waals surface area contributed by atoms with Crippen LogP contribution in [0, 0.1) is 29.6 Å². The fourth-order valence-electron chi connectivity index (χ4n) is 2.13. The number of nitrogens with zero attached hydrogens (tertiary/aromatic N) is 1. The summed E-state index contributed by atoms with van der Waals surface area (Å²) in [6.45, 7) is 9.15. The van der Waals surface area contributed by atoms with E-state index in [1.54, 1.807) is 0 Å². The summed E-state index contributed by atoms with van der Waals surface area (Å²) in [7, 11) is 0. The first-order chi connectivity index (χ1) is 6.16. The summed E-state index contributed by atoms with van der Waals surface area (Å²) in [4.78, 5) is 2.54. The largest absolute Gasteiger partial charge is 0.289 e. The molecular weight excluding hydrogens is 158 g/mol. The Morgan fingerprint density at radius 2 is 1.69 bits per heavy atom. The summed E-state index contributed by atoms with van der Waals surface area (Å²) >= 11 is 0. The molecule has 0 N–H and O–H groups in total. The first-order valence-electron chi connectivity index (χ1n) is 5.42. The first kappa shape index (κ1) is 9.09. The highest BCUT2D eigenvalue weighted by Crippen LogP contribution is 2.45. The van der Waals surface area contributed by atoms with Gasteiger partial charge in [-0.3, -0.25) is 4.90 Å². The Balaban J connectivity index is 1.84. The average Bonchev–Trinajstić information content (AvgIpc) is 2.69. The molecule has 0 radical (unpaired) electrons. The van der Waals surface area contributed by atoms with Crippen molar-refractivity contribution in [2.75, 3.05) is 13.1 Å². The van der Waals surface area contributed by atoms with E-state index in [1.807, 2.05) is 0 Å². The number of hydrogen-bond donors (Lipinski definition) is 0. The molecule has 1 heterocycles. The Hall–Kier alpha value is -0.480. The molecule has 1 saturated carbocycles. The Morgan fingerprint density at radius 3 is 2.23 bits per heavy atom. The molecule has 0 amide bonds. The molecule has 2 unspecified atom stereocenters. The maximum atomic E-state index is 3.34. The summed E-state index contributed by atoms with van der Waals surface area (Å²) in [6.07, 6.45) is 1.49. The summed E-state index contributed by atoms with van der Waals surface area (Å²) in [5, 5.41) is 0. The molecule has 13 heavy (non-hydrogen) atoms. The topological polar surface area (TPSA) is 3.24 Å². The molecule has 0 spiro atoms. The van der Waals surface area contributed by atoms with Gasteiger partial charge in [-0.05, 0) is 25.2 Å². The van der Waals surface area contributed by atoms with Gasteiger partial charge in [0.2, 0.25) is 0 Å². The van der Waals surface area contributed by atoms with Crippen molar-refractivity contribution in [2.45, 2.75) is 33.2 Å². The van der Waals surface area contributed by atoms with Gasteiger partial charge >= 0.3 is 0 Å². The van der Waals surface area contributed by atoms with Gasteiger partial charge in [0.05, 0.1) is 6.04 Å². The van der Waals surface area contributed by atoms with E-state index in [-0.39, 0.29) is 0 Å². The van der Waals surface area contributed by atoms with Gasteiger partial charge < -0.3 is 0 Å². The van der Waals surface area contributed by atoms with E-state index in [0.717, 1.165) is 11.8 Å². The van der Waals surface area contributed by atoms with Gasteiger partial charge in [0.1, 0.15) is 0 Å².